The Morgan fingerprint density at radius 1 is 1.07 bits per heavy atom. The molecule has 1 saturated heterocycles. The van der Waals surface area contributed by atoms with E-state index in [9.17, 15) is 35.4 Å². The zero-order valence-corrected chi connectivity index (χ0v) is 17.2. The van der Waals surface area contributed by atoms with Gasteiger partial charge < -0.3 is 50.5 Å². The van der Waals surface area contributed by atoms with Gasteiger partial charge in [0.2, 0.25) is 5.91 Å². The topological polar surface area (TPSA) is 189 Å². The van der Waals surface area contributed by atoms with Crippen LogP contribution >= 0.6 is 0 Å². The lowest BCUT2D eigenvalue weighted by atomic mass is 9.84. The molecular weight excluding hydrogens is 390 g/mol. The molecule has 0 saturated carbocycles. The molecule has 1 aliphatic heterocycles. The number of carbonyl (C=O) groups is 1. The van der Waals surface area contributed by atoms with Crippen LogP contribution in [0.4, 0.5) is 0 Å². The lowest BCUT2D eigenvalue weighted by Crippen LogP contribution is -2.60. The first-order chi connectivity index (χ1) is 13.3. The van der Waals surface area contributed by atoms with Crippen LogP contribution in [0.5, 0.6) is 0 Å². The van der Waals surface area contributed by atoms with E-state index in [1.165, 1.54) is 6.92 Å². The van der Waals surface area contributed by atoms with Gasteiger partial charge in [0, 0.05) is 6.92 Å². The Morgan fingerprint density at radius 3 is 2.14 bits per heavy atom. The van der Waals surface area contributed by atoms with Crippen LogP contribution < -0.4 is 5.32 Å². The third kappa shape index (κ3) is 7.70. The van der Waals surface area contributed by atoms with Crippen molar-refractivity contribution in [1.29, 1.82) is 0 Å². The van der Waals surface area contributed by atoms with Gasteiger partial charge in [-0.15, -0.1) is 0 Å². The number of carbonyl (C=O) groups excluding carboxylic acids is 1. The molecule has 29 heavy (non-hydrogen) atoms. The minimum absolute atomic E-state index is 0.286. The van der Waals surface area contributed by atoms with Gasteiger partial charge in [-0.3, -0.25) is 4.79 Å². The molecule has 0 aromatic rings. The van der Waals surface area contributed by atoms with Crippen molar-refractivity contribution < 1.29 is 50.0 Å². The molecule has 11 heteroatoms. The van der Waals surface area contributed by atoms with Crippen molar-refractivity contribution in [1.82, 2.24) is 5.32 Å². The zero-order valence-electron chi connectivity index (χ0n) is 17.2. The highest BCUT2D eigenvalue weighted by Gasteiger charge is 2.44. The summed E-state index contributed by atoms with van der Waals surface area (Å²) in [6.45, 7) is 5.70. The van der Waals surface area contributed by atoms with Gasteiger partial charge in [0.05, 0.1) is 19.3 Å². The summed E-state index contributed by atoms with van der Waals surface area (Å²) in [5.74, 6) is -0.405. The van der Waals surface area contributed by atoms with E-state index in [2.05, 4.69) is 5.32 Å². The number of aliphatic hydroxyl groups is 7. The number of ether oxygens (including phenoxy) is 2. The maximum absolute atomic E-state index is 11.4. The second-order valence-corrected chi connectivity index (χ2v) is 8.65. The van der Waals surface area contributed by atoms with Crippen LogP contribution in [0.2, 0.25) is 0 Å². The van der Waals surface area contributed by atoms with Crippen LogP contribution in [-0.2, 0) is 14.3 Å². The highest BCUT2D eigenvalue weighted by molar-refractivity contribution is 5.73. The van der Waals surface area contributed by atoms with Crippen molar-refractivity contribution in [3.05, 3.63) is 0 Å². The van der Waals surface area contributed by atoms with E-state index in [0.717, 1.165) is 0 Å². The van der Waals surface area contributed by atoms with Crippen molar-refractivity contribution in [2.45, 2.75) is 89.2 Å². The number of aliphatic hydroxyl groups excluding tert-OH is 7. The molecule has 11 nitrogen and oxygen atoms in total. The van der Waals surface area contributed by atoms with E-state index >= 15 is 0 Å². The Bertz CT molecular complexity index is 511. The first kappa shape index (κ1) is 26.1. The first-order valence-corrected chi connectivity index (χ1v) is 9.52. The zero-order chi connectivity index (χ0) is 22.5. The summed E-state index contributed by atoms with van der Waals surface area (Å²) in [6, 6.07) is -0.829. The van der Waals surface area contributed by atoms with Gasteiger partial charge in [0.1, 0.15) is 42.7 Å². The van der Waals surface area contributed by atoms with Gasteiger partial charge in [-0.25, -0.2) is 0 Å². The van der Waals surface area contributed by atoms with Crippen molar-refractivity contribution in [2.75, 3.05) is 13.2 Å². The van der Waals surface area contributed by atoms with Gasteiger partial charge in [0.15, 0.2) is 6.29 Å². The average Bonchev–Trinajstić information content (AvgIpc) is 2.62. The van der Waals surface area contributed by atoms with Crippen molar-refractivity contribution in [3.63, 3.8) is 0 Å². The summed E-state index contributed by atoms with van der Waals surface area (Å²) in [5.41, 5.74) is -0.286. The quantitative estimate of drug-likeness (QED) is 0.187. The van der Waals surface area contributed by atoms with Crippen LogP contribution in [0.15, 0.2) is 0 Å². The summed E-state index contributed by atoms with van der Waals surface area (Å²) in [6.07, 6.45) is -12.0. The first-order valence-electron chi connectivity index (χ1n) is 9.52. The summed E-state index contributed by atoms with van der Waals surface area (Å²) in [4.78, 5) is 11.4. The van der Waals surface area contributed by atoms with Crippen LogP contribution in [0.1, 0.15) is 34.1 Å². The number of nitrogens with one attached hydrogen (secondary N) is 1. The molecule has 1 heterocycles. The third-order valence-electron chi connectivity index (χ3n) is 4.66. The lowest BCUT2D eigenvalue weighted by Gasteiger charge is -2.40. The molecule has 9 atom stereocenters. The second-order valence-electron chi connectivity index (χ2n) is 8.65. The van der Waals surface area contributed by atoms with E-state index in [1.54, 1.807) is 0 Å². The van der Waals surface area contributed by atoms with E-state index in [-0.39, 0.29) is 5.41 Å². The molecule has 1 fully saturated rings. The van der Waals surface area contributed by atoms with Gasteiger partial charge in [0.25, 0.3) is 0 Å². The highest BCUT2D eigenvalue weighted by atomic mass is 16.7. The third-order valence-corrected chi connectivity index (χ3v) is 4.66. The van der Waals surface area contributed by atoms with Crippen LogP contribution in [0.3, 0.4) is 0 Å². The Balaban J connectivity index is 2.71. The number of amides is 1. The lowest BCUT2D eigenvalue weighted by molar-refractivity contribution is -0.306. The molecule has 0 bridgehead atoms. The Labute approximate surface area is 169 Å². The summed E-state index contributed by atoms with van der Waals surface area (Å²) in [5, 5.41) is 72.0. The number of hydrogen-bond acceptors (Lipinski definition) is 10. The van der Waals surface area contributed by atoms with Crippen LogP contribution in [-0.4, -0.2) is 110 Å². The normalized spacial score (nSPS) is 32.3. The summed E-state index contributed by atoms with van der Waals surface area (Å²) >= 11 is 0. The van der Waals surface area contributed by atoms with E-state index in [1.807, 2.05) is 20.8 Å². The molecule has 8 N–H and O–H groups in total. The van der Waals surface area contributed by atoms with E-state index in [4.69, 9.17) is 14.6 Å². The Kier molecular flexibility index (Phi) is 9.86. The minimum atomic E-state index is -1.70. The smallest absolute Gasteiger partial charge is 0.217 e. The Morgan fingerprint density at radius 2 is 1.66 bits per heavy atom. The minimum Gasteiger partial charge on any atom is -0.394 e. The molecular formula is C18H35NO10. The van der Waals surface area contributed by atoms with E-state index < -0.39 is 74.2 Å². The maximum atomic E-state index is 11.4. The van der Waals surface area contributed by atoms with Crippen LogP contribution in [0.25, 0.3) is 0 Å². The standard InChI is InChI=1S/C18H35NO10/c1-8(21)19-9(5-18(2,3)4)12(23)13(24)10(22)7-28-17-16(27)15(26)14(25)11(6-20)29-17/h9-17,20,22-27H,5-7H2,1-4H3,(H,19,21)/t9-,10+,11+,12+,13+,14-,15-,16+,17+/m0/s1. The maximum Gasteiger partial charge on any atom is 0.217 e. The monoisotopic (exact) mass is 425 g/mol. The molecule has 1 amide bonds. The fourth-order valence-corrected chi connectivity index (χ4v) is 3.14. The molecule has 0 spiro atoms. The van der Waals surface area contributed by atoms with E-state index in [0.29, 0.717) is 6.42 Å². The largest absolute Gasteiger partial charge is 0.394 e. The number of rotatable bonds is 9. The van der Waals surface area contributed by atoms with Gasteiger partial charge in [-0.1, -0.05) is 20.8 Å². The molecule has 0 aromatic heterocycles. The van der Waals surface area contributed by atoms with Crippen molar-refractivity contribution >= 4 is 5.91 Å². The Hall–Kier alpha value is -0.890. The van der Waals surface area contributed by atoms with Gasteiger partial charge in [-0.2, -0.15) is 0 Å². The van der Waals surface area contributed by atoms with Crippen molar-refractivity contribution in [3.8, 4) is 0 Å². The molecule has 0 aliphatic carbocycles. The fourth-order valence-electron chi connectivity index (χ4n) is 3.14. The van der Waals surface area contributed by atoms with Gasteiger partial charge >= 0.3 is 0 Å². The second kappa shape index (κ2) is 10.9. The molecule has 1 aliphatic rings. The molecule has 0 unspecified atom stereocenters. The molecule has 0 aromatic carbocycles. The number of hydrogen-bond donors (Lipinski definition) is 8. The SMILES string of the molecule is CC(=O)N[C@@H](CC(C)(C)C)[C@@H](O)[C@H](O)[C@H](O)CO[C@@H]1O[C@H](CO)[C@H](O)[C@H](O)[C@H]1O. The average molecular weight is 425 g/mol. The summed E-state index contributed by atoms with van der Waals surface area (Å²) in [7, 11) is 0. The predicted octanol–water partition coefficient (Wildman–Crippen LogP) is -3.17. The molecule has 1 rings (SSSR count). The fraction of sp³-hybridized carbons (Fsp3) is 0.944. The van der Waals surface area contributed by atoms with Crippen LogP contribution in [0, 0.1) is 5.41 Å². The molecule has 0 radical (unpaired) electrons. The predicted molar refractivity (Wildman–Crippen MR) is 99.4 cm³/mol. The highest BCUT2D eigenvalue weighted by Crippen LogP contribution is 2.25. The van der Waals surface area contributed by atoms with Gasteiger partial charge in [-0.05, 0) is 11.8 Å². The molecule has 172 valence electrons. The summed E-state index contributed by atoms with van der Waals surface area (Å²) < 4.78 is 10.3. The van der Waals surface area contributed by atoms with Crippen molar-refractivity contribution in [2.24, 2.45) is 5.41 Å².